The Morgan fingerprint density at radius 2 is 1.50 bits per heavy atom. The number of benzene rings is 1. The maximum absolute atomic E-state index is 13.2. The van der Waals surface area contributed by atoms with Crippen LogP contribution in [0.4, 0.5) is 22.0 Å². The average molecular weight is 296 g/mol. The molecule has 0 aliphatic carbocycles. The van der Waals surface area contributed by atoms with E-state index in [0.29, 0.717) is 0 Å². The first-order valence-corrected chi connectivity index (χ1v) is 5.25. The first-order valence-electron chi connectivity index (χ1n) is 5.25. The Morgan fingerprint density at radius 3 is 1.95 bits per heavy atom. The number of ether oxygens (including phenoxy) is 2. The third-order valence-electron chi connectivity index (χ3n) is 2.52. The summed E-state index contributed by atoms with van der Waals surface area (Å²) in [5, 5.41) is 0. The van der Waals surface area contributed by atoms with E-state index in [2.05, 4.69) is 9.47 Å². The van der Waals surface area contributed by atoms with Gasteiger partial charge in [0.05, 0.1) is 0 Å². The Morgan fingerprint density at radius 1 is 1.00 bits per heavy atom. The lowest BCUT2D eigenvalue weighted by Crippen LogP contribution is -2.26. The minimum absolute atomic E-state index is 0.104. The third-order valence-corrected chi connectivity index (χ3v) is 2.52. The van der Waals surface area contributed by atoms with Crippen LogP contribution in [0.2, 0.25) is 0 Å². The molecule has 2 rings (SSSR count). The molecule has 0 amide bonds. The van der Waals surface area contributed by atoms with E-state index in [1.165, 1.54) is 0 Å². The van der Waals surface area contributed by atoms with Gasteiger partial charge in [0, 0.05) is 12.8 Å². The molecule has 1 atom stereocenters. The van der Waals surface area contributed by atoms with Crippen LogP contribution in [-0.4, -0.2) is 18.0 Å². The van der Waals surface area contributed by atoms with E-state index in [9.17, 15) is 31.5 Å². The average Bonchev–Trinajstić information content (AvgIpc) is 2.85. The maximum Gasteiger partial charge on any atom is 0.353 e. The van der Waals surface area contributed by atoms with Crippen molar-refractivity contribution < 1.29 is 41.0 Å². The van der Waals surface area contributed by atoms with Crippen LogP contribution in [0.15, 0.2) is 0 Å². The molecular weight excluding hydrogens is 291 g/mol. The number of hydrogen-bond donors (Lipinski definition) is 0. The van der Waals surface area contributed by atoms with Crippen molar-refractivity contribution in [2.24, 2.45) is 0 Å². The van der Waals surface area contributed by atoms with Crippen LogP contribution in [-0.2, 0) is 14.3 Å². The van der Waals surface area contributed by atoms with E-state index >= 15 is 0 Å². The molecule has 0 saturated carbocycles. The van der Waals surface area contributed by atoms with Gasteiger partial charge in [-0.1, -0.05) is 0 Å². The fourth-order valence-electron chi connectivity index (χ4n) is 1.53. The largest absolute Gasteiger partial charge is 0.450 e. The highest BCUT2D eigenvalue weighted by molar-refractivity contribution is 5.84. The normalized spacial score (nSPS) is 18.1. The maximum atomic E-state index is 13.2. The topological polar surface area (TPSA) is 52.6 Å². The molecule has 1 aliphatic heterocycles. The summed E-state index contributed by atoms with van der Waals surface area (Å²) in [4.78, 5) is 22.2. The molecule has 0 spiro atoms. The fraction of sp³-hybridized carbons (Fsp3) is 0.273. The molecular formula is C11H5F5O4. The first-order chi connectivity index (χ1) is 9.32. The van der Waals surface area contributed by atoms with Crippen molar-refractivity contribution >= 4 is 11.9 Å². The molecule has 1 fully saturated rings. The van der Waals surface area contributed by atoms with Crippen molar-refractivity contribution in [3.63, 3.8) is 0 Å². The van der Waals surface area contributed by atoms with Crippen LogP contribution in [0.25, 0.3) is 0 Å². The highest BCUT2D eigenvalue weighted by atomic mass is 19.2. The van der Waals surface area contributed by atoms with Crippen LogP contribution in [0, 0.1) is 29.1 Å². The molecule has 9 heteroatoms. The Kier molecular flexibility index (Phi) is 3.60. The smallest absolute Gasteiger partial charge is 0.353 e. The van der Waals surface area contributed by atoms with E-state index in [0.717, 1.165) is 0 Å². The molecule has 1 saturated heterocycles. The van der Waals surface area contributed by atoms with Gasteiger partial charge >= 0.3 is 11.9 Å². The Hall–Kier alpha value is -2.19. The van der Waals surface area contributed by atoms with E-state index < -0.39 is 52.9 Å². The minimum Gasteiger partial charge on any atom is -0.450 e. The van der Waals surface area contributed by atoms with Crippen LogP contribution in [0.3, 0.4) is 0 Å². The molecule has 108 valence electrons. The molecule has 1 heterocycles. The molecule has 0 aromatic heterocycles. The highest BCUT2D eigenvalue weighted by Gasteiger charge is 2.35. The highest BCUT2D eigenvalue weighted by Crippen LogP contribution is 2.30. The number of cyclic esters (lactones) is 1. The van der Waals surface area contributed by atoms with E-state index in [4.69, 9.17) is 0 Å². The summed E-state index contributed by atoms with van der Waals surface area (Å²) in [6, 6.07) is 0. The molecule has 0 bridgehead atoms. The minimum atomic E-state index is -2.37. The lowest BCUT2D eigenvalue weighted by molar-refractivity contribution is -0.155. The van der Waals surface area contributed by atoms with Crippen molar-refractivity contribution in [1.82, 2.24) is 0 Å². The van der Waals surface area contributed by atoms with Crippen molar-refractivity contribution in [2.75, 3.05) is 0 Å². The number of hydrogen-bond acceptors (Lipinski definition) is 4. The first kappa shape index (κ1) is 14.2. The van der Waals surface area contributed by atoms with Gasteiger partial charge in [0.1, 0.15) is 0 Å². The molecule has 1 aromatic carbocycles. The lowest BCUT2D eigenvalue weighted by atomic mass is 10.2. The van der Waals surface area contributed by atoms with Gasteiger partial charge < -0.3 is 9.47 Å². The molecule has 1 aliphatic rings. The van der Waals surface area contributed by atoms with Gasteiger partial charge in [-0.05, 0) is 0 Å². The molecule has 20 heavy (non-hydrogen) atoms. The van der Waals surface area contributed by atoms with E-state index in [1.54, 1.807) is 0 Å². The van der Waals surface area contributed by atoms with Crippen LogP contribution in [0.5, 0.6) is 5.75 Å². The number of rotatable bonds is 2. The van der Waals surface area contributed by atoms with Crippen molar-refractivity contribution in [3.05, 3.63) is 29.1 Å². The molecule has 0 N–H and O–H groups in total. The zero-order valence-corrected chi connectivity index (χ0v) is 9.51. The Bertz CT molecular complexity index is 572. The summed E-state index contributed by atoms with van der Waals surface area (Å²) >= 11 is 0. The van der Waals surface area contributed by atoms with Crippen LogP contribution in [0.1, 0.15) is 12.8 Å². The van der Waals surface area contributed by atoms with Crippen molar-refractivity contribution in [3.8, 4) is 5.75 Å². The summed E-state index contributed by atoms with van der Waals surface area (Å²) in [6.45, 7) is 0. The fourth-order valence-corrected chi connectivity index (χ4v) is 1.53. The van der Waals surface area contributed by atoms with Gasteiger partial charge in [-0.25, -0.2) is 18.0 Å². The van der Waals surface area contributed by atoms with Crippen molar-refractivity contribution in [2.45, 2.75) is 18.9 Å². The monoisotopic (exact) mass is 296 g/mol. The standard InChI is InChI=1S/C11H5F5O4/c12-5-6(13)8(15)10(9(16)7(5)14)20-11(18)3-1-2-4(17)19-3/h3H,1-2H2/t3-/m0/s1. The van der Waals surface area contributed by atoms with Gasteiger partial charge in [-0.3, -0.25) is 4.79 Å². The number of carbonyl (C=O) groups is 2. The predicted molar refractivity (Wildman–Crippen MR) is 51.0 cm³/mol. The second kappa shape index (κ2) is 5.06. The zero-order valence-electron chi connectivity index (χ0n) is 9.51. The molecule has 0 radical (unpaired) electrons. The second-order valence-electron chi connectivity index (χ2n) is 3.84. The molecule has 4 nitrogen and oxygen atoms in total. The summed E-state index contributed by atoms with van der Waals surface area (Å²) in [6.07, 6.45) is -1.65. The molecule has 1 aromatic rings. The van der Waals surface area contributed by atoms with Gasteiger partial charge in [-0.15, -0.1) is 0 Å². The predicted octanol–water partition coefficient (Wildman–Crippen LogP) is 1.99. The van der Waals surface area contributed by atoms with Gasteiger partial charge in [-0.2, -0.15) is 8.78 Å². The lowest BCUT2D eigenvalue weighted by Gasteiger charge is -2.11. The Labute approximate surface area is 108 Å². The second-order valence-corrected chi connectivity index (χ2v) is 3.84. The van der Waals surface area contributed by atoms with Gasteiger partial charge in [0.2, 0.25) is 34.8 Å². The zero-order chi connectivity index (χ0) is 15.0. The van der Waals surface area contributed by atoms with Gasteiger partial charge in [0.25, 0.3) is 0 Å². The summed E-state index contributed by atoms with van der Waals surface area (Å²) in [5.74, 6) is -15.3. The third kappa shape index (κ3) is 2.30. The van der Waals surface area contributed by atoms with Crippen LogP contribution >= 0.6 is 0 Å². The summed E-state index contributed by atoms with van der Waals surface area (Å²) in [7, 11) is 0. The number of carbonyl (C=O) groups excluding carboxylic acids is 2. The van der Waals surface area contributed by atoms with E-state index in [1.807, 2.05) is 0 Å². The quantitative estimate of drug-likeness (QED) is 0.275. The summed E-state index contributed by atoms with van der Waals surface area (Å²) < 4.78 is 73.5. The Balaban J connectivity index is 2.30. The SMILES string of the molecule is O=C1CC[C@@H](C(=O)Oc2c(F)c(F)c(F)c(F)c2F)O1. The van der Waals surface area contributed by atoms with Crippen molar-refractivity contribution in [1.29, 1.82) is 0 Å². The number of esters is 2. The number of halogens is 5. The summed E-state index contributed by atoms with van der Waals surface area (Å²) in [5.41, 5.74) is 0. The molecule has 0 unspecified atom stereocenters. The van der Waals surface area contributed by atoms with E-state index in [-0.39, 0.29) is 12.8 Å². The van der Waals surface area contributed by atoms with Gasteiger partial charge in [0.15, 0.2) is 6.10 Å². The van der Waals surface area contributed by atoms with Crippen LogP contribution < -0.4 is 4.74 Å².